The molecule has 0 unspecified atom stereocenters. The van der Waals surface area contributed by atoms with Crippen molar-refractivity contribution in [2.75, 3.05) is 0 Å². The van der Waals surface area contributed by atoms with E-state index in [-0.39, 0.29) is 5.69 Å². The number of nitro benzene ring substituents is 1. The average molecular weight is 545 g/mol. The Morgan fingerprint density at radius 1 is 1.05 bits per heavy atom. The van der Waals surface area contributed by atoms with Gasteiger partial charge in [0.05, 0.1) is 18.3 Å². The third kappa shape index (κ3) is 4.06. The highest BCUT2D eigenvalue weighted by atomic mass is 79.9. The van der Waals surface area contributed by atoms with Crippen molar-refractivity contribution in [3.63, 3.8) is 0 Å². The van der Waals surface area contributed by atoms with Gasteiger partial charge in [0.15, 0.2) is 5.75 Å². The van der Waals surface area contributed by atoms with Gasteiger partial charge >= 0.3 is 0 Å². The molecule has 0 spiro atoms. The molecule has 0 saturated heterocycles. The summed E-state index contributed by atoms with van der Waals surface area (Å²) in [4.78, 5) is 10.4. The second-order valence-corrected chi connectivity index (χ2v) is 7.12. The van der Waals surface area contributed by atoms with Gasteiger partial charge in [-0.3, -0.25) is 10.1 Å². The third-order valence-electron chi connectivity index (χ3n) is 2.56. The van der Waals surface area contributed by atoms with Gasteiger partial charge in [0.1, 0.15) is 5.75 Å². The van der Waals surface area contributed by atoms with Gasteiger partial charge in [-0.2, -0.15) is 0 Å². The molecule has 0 heterocycles. The maximum absolute atomic E-state index is 10.8. The maximum Gasteiger partial charge on any atom is 0.271 e. The normalized spacial score (nSPS) is 10.5. The highest BCUT2D eigenvalue weighted by Gasteiger charge is 2.16. The molecule has 0 aliphatic heterocycles. The number of halogens is 4. The molecule has 2 aromatic carbocycles. The highest BCUT2D eigenvalue weighted by Crippen LogP contribution is 2.41. The van der Waals surface area contributed by atoms with E-state index in [2.05, 4.69) is 63.7 Å². The molecule has 2 aromatic rings. The van der Waals surface area contributed by atoms with Gasteiger partial charge in [0.25, 0.3) is 5.69 Å². The molecule has 0 bridgehead atoms. The van der Waals surface area contributed by atoms with Gasteiger partial charge in [-0.25, -0.2) is 0 Å². The topological polar surface area (TPSA) is 52.4 Å². The van der Waals surface area contributed by atoms with E-state index in [0.29, 0.717) is 20.4 Å². The molecule has 0 aliphatic rings. The molecule has 0 aromatic heterocycles. The summed E-state index contributed by atoms with van der Waals surface area (Å²) in [6.07, 6.45) is 0. The van der Waals surface area contributed by atoms with E-state index >= 15 is 0 Å². The second kappa shape index (κ2) is 7.21. The Kier molecular flexibility index (Phi) is 5.81. The van der Waals surface area contributed by atoms with E-state index in [1.807, 2.05) is 18.2 Å². The molecule has 0 N–H and O–H groups in total. The smallest absolute Gasteiger partial charge is 0.271 e. The number of nitro groups is 1. The van der Waals surface area contributed by atoms with Crippen LogP contribution in [-0.2, 0) is 5.33 Å². The summed E-state index contributed by atoms with van der Waals surface area (Å²) in [7, 11) is 0. The van der Waals surface area contributed by atoms with E-state index in [1.54, 1.807) is 0 Å². The Morgan fingerprint density at radius 2 is 1.67 bits per heavy atom. The standard InChI is InChI=1S/C13H7Br4NO3/c14-6-7-1-2-12(9(15)3-7)21-13-10(16)4-8(18(19)20)5-11(13)17/h1-5H,6H2. The largest absolute Gasteiger partial charge is 0.454 e. The van der Waals surface area contributed by atoms with E-state index in [9.17, 15) is 10.1 Å². The van der Waals surface area contributed by atoms with Gasteiger partial charge in [-0.05, 0) is 65.5 Å². The first-order valence-electron chi connectivity index (χ1n) is 5.58. The van der Waals surface area contributed by atoms with E-state index < -0.39 is 4.92 Å². The fourth-order valence-corrected chi connectivity index (χ4v) is 3.75. The van der Waals surface area contributed by atoms with Crippen molar-refractivity contribution in [2.45, 2.75) is 5.33 Å². The zero-order chi connectivity index (χ0) is 15.6. The summed E-state index contributed by atoms with van der Waals surface area (Å²) in [5.41, 5.74) is 1.09. The molecule has 4 nitrogen and oxygen atoms in total. The number of hydrogen-bond acceptors (Lipinski definition) is 3. The lowest BCUT2D eigenvalue weighted by Crippen LogP contribution is -1.93. The number of rotatable bonds is 4. The van der Waals surface area contributed by atoms with Crippen LogP contribution in [0.15, 0.2) is 43.7 Å². The minimum absolute atomic E-state index is 0.0187. The SMILES string of the molecule is O=[N+]([O-])c1cc(Br)c(Oc2ccc(CBr)cc2Br)c(Br)c1. The van der Waals surface area contributed by atoms with Crippen molar-refractivity contribution >= 4 is 69.4 Å². The molecule has 110 valence electrons. The first-order valence-corrected chi connectivity index (χ1v) is 9.08. The number of hydrogen-bond donors (Lipinski definition) is 0. The molecular weight excluding hydrogens is 538 g/mol. The predicted octanol–water partition coefficient (Wildman–Crippen LogP) is 6.57. The van der Waals surface area contributed by atoms with Crippen LogP contribution in [0.4, 0.5) is 5.69 Å². The molecule has 8 heteroatoms. The van der Waals surface area contributed by atoms with Crippen LogP contribution in [0, 0.1) is 10.1 Å². The van der Waals surface area contributed by atoms with E-state index in [4.69, 9.17) is 4.74 Å². The number of ether oxygens (including phenoxy) is 1. The summed E-state index contributed by atoms with van der Waals surface area (Å²) in [6, 6.07) is 8.52. The Balaban J connectivity index is 2.38. The third-order valence-corrected chi connectivity index (χ3v) is 5.00. The molecule has 0 radical (unpaired) electrons. The Labute approximate surface area is 154 Å². The van der Waals surface area contributed by atoms with Crippen molar-refractivity contribution in [1.82, 2.24) is 0 Å². The fourth-order valence-electron chi connectivity index (χ4n) is 1.57. The zero-order valence-electron chi connectivity index (χ0n) is 10.3. The molecule has 0 aliphatic carbocycles. The van der Waals surface area contributed by atoms with Gasteiger partial charge < -0.3 is 4.74 Å². The van der Waals surface area contributed by atoms with Crippen LogP contribution in [0.3, 0.4) is 0 Å². The van der Waals surface area contributed by atoms with Crippen molar-refractivity contribution in [2.24, 2.45) is 0 Å². The first kappa shape index (κ1) is 16.9. The lowest BCUT2D eigenvalue weighted by atomic mass is 10.2. The van der Waals surface area contributed by atoms with Crippen LogP contribution in [0.2, 0.25) is 0 Å². The number of non-ortho nitro benzene ring substituents is 1. The van der Waals surface area contributed by atoms with Crippen LogP contribution in [0.1, 0.15) is 5.56 Å². The minimum Gasteiger partial charge on any atom is -0.454 e. The molecule has 0 fully saturated rings. The van der Waals surface area contributed by atoms with Crippen LogP contribution < -0.4 is 4.74 Å². The molecule has 0 atom stereocenters. The number of benzene rings is 2. The van der Waals surface area contributed by atoms with E-state index in [1.165, 1.54) is 12.1 Å². The predicted molar refractivity (Wildman–Crippen MR) is 95.3 cm³/mol. The Hall–Kier alpha value is -0.440. The molecule has 0 amide bonds. The van der Waals surface area contributed by atoms with Crippen LogP contribution in [0.25, 0.3) is 0 Å². The quantitative estimate of drug-likeness (QED) is 0.249. The van der Waals surface area contributed by atoms with Crippen LogP contribution in [0.5, 0.6) is 11.5 Å². The van der Waals surface area contributed by atoms with Crippen molar-refractivity contribution in [1.29, 1.82) is 0 Å². The molecular formula is C13H7Br4NO3. The zero-order valence-corrected chi connectivity index (χ0v) is 16.6. The summed E-state index contributed by atoms with van der Waals surface area (Å²) in [6.45, 7) is 0. The van der Waals surface area contributed by atoms with Gasteiger partial charge in [-0.15, -0.1) is 0 Å². The summed E-state index contributed by atoms with van der Waals surface area (Å²) >= 11 is 13.4. The second-order valence-electron chi connectivity index (χ2n) is 4.00. The van der Waals surface area contributed by atoms with Crippen LogP contribution >= 0.6 is 63.7 Å². The van der Waals surface area contributed by atoms with Crippen molar-refractivity contribution in [3.8, 4) is 11.5 Å². The van der Waals surface area contributed by atoms with Crippen LogP contribution in [-0.4, -0.2) is 4.92 Å². The highest BCUT2D eigenvalue weighted by molar-refractivity contribution is 9.11. The Bertz CT molecular complexity index is 683. The van der Waals surface area contributed by atoms with Gasteiger partial charge in [0, 0.05) is 17.5 Å². The lowest BCUT2D eigenvalue weighted by molar-refractivity contribution is -0.385. The summed E-state index contributed by atoms with van der Waals surface area (Å²) in [5.74, 6) is 1.10. The number of nitrogens with zero attached hydrogens (tertiary/aromatic N) is 1. The lowest BCUT2D eigenvalue weighted by Gasteiger charge is -2.12. The van der Waals surface area contributed by atoms with E-state index in [0.717, 1.165) is 15.4 Å². The summed E-state index contributed by atoms with van der Waals surface area (Å²) in [5, 5.41) is 11.6. The fraction of sp³-hybridized carbons (Fsp3) is 0.0769. The first-order chi connectivity index (χ1) is 9.92. The summed E-state index contributed by atoms with van der Waals surface area (Å²) < 4.78 is 7.63. The van der Waals surface area contributed by atoms with Gasteiger partial charge in [0.2, 0.25) is 0 Å². The molecule has 0 saturated carbocycles. The van der Waals surface area contributed by atoms with Crippen molar-refractivity contribution < 1.29 is 9.66 Å². The minimum atomic E-state index is -0.458. The maximum atomic E-state index is 10.8. The molecule has 2 rings (SSSR count). The monoisotopic (exact) mass is 541 g/mol. The molecule has 21 heavy (non-hydrogen) atoms. The average Bonchev–Trinajstić information content (AvgIpc) is 2.43. The Morgan fingerprint density at radius 3 is 2.14 bits per heavy atom. The number of alkyl halides is 1. The van der Waals surface area contributed by atoms with Gasteiger partial charge in [-0.1, -0.05) is 22.0 Å². The van der Waals surface area contributed by atoms with Crippen molar-refractivity contribution in [3.05, 3.63) is 59.4 Å².